The number of rotatable bonds is 3. The van der Waals surface area contributed by atoms with Gasteiger partial charge in [-0.05, 0) is 24.3 Å². The number of carbonyl (C=O) groups excluding carboxylic acids is 1. The predicted molar refractivity (Wildman–Crippen MR) is 78.7 cm³/mol. The molecule has 0 radical (unpaired) electrons. The van der Waals surface area contributed by atoms with Gasteiger partial charge < -0.3 is 5.73 Å². The number of fused-ring (bicyclic) bond motifs is 1. The van der Waals surface area contributed by atoms with E-state index in [1.807, 2.05) is 0 Å². The van der Waals surface area contributed by atoms with E-state index in [0.29, 0.717) is 11.0 Å². The molecule has 0 bridgehead atoms. The minimum atomic E-state index is -4.49. The van der Waals surface area contributed by atoms with Gasteiger partial charge in [-0.1, -0.05) is 18.2 Å². The minimum absolute atomic E-state index is 0.122. The number of carbonyl (C=O) groups is 1. The molecule has 0 aliphatic carbocycles. The summed E-state index contributed by atoms with van der Waals surface area (Å²) in [7, 11) is 0. The van der Waals surface area contributed by atoms with Crippen LogP contribution >= 0.6 is 0 Å². The molecule has 1 amide bonds. The van der Waals surface area contributed by atoms with Crippen molar-refractivity contribution in [1.29, 1.82) is 0 Å². The average molecular weight is 320 g/mol. The van der Waals surface area contributed by atoms with Crippen LogP contribution < -0.4 is 11.2 Å². The number of halogens is 3. The van der Waals surface area contributed by atoms with Crippen molar-refractivity contribution in [2.24, 2.45) is 5.73 Å². The highest BCUT2D eigenvalue weighted by molar-refractivity contribution is 6.04. The number of primary amides is 1. The number of anilines is 1. The van der Waals surface area contributed by atoms with Crippen molar-refractivity contribution in [3.05, 3.63) is 59.9 Å². The first-order chi connectivity index (χ1) is 10.9. The molecule has 0 fully saturated rings. The zero-order valence-corrected chi connectivity index (χ0v) is 11.6. The largest absolute Gasteiger partial charge is 0.418 e. The van der Waals surface area contributed by atoms with Crippen molar-refractivity contribution in [2.45, 2.75) is 6.18 Å². The van der Waals surface area contributed by atoms with E-state index >= 15 is 0 Å². The Hall–Kier alpha value is -3.03. The number of nitrogens with one attached hydrogen (secondary N) is 1. The third-order valence-corrected chi connectivity index (χ3v) is 3.32. The van der Waals surface area contributed by atoms with Crippen LogP contribution in [0.5, 0.6) is 0 Å². The van der Waals surface area contributed by atoms with E-state index in [0.717, 1.165) is 6.07 Å². The van der Waals surface area contributed by atoms with Gasteiger partial charge in [0.2, 0.25) is 0 Å². The fourth-order valence-corrected chi connectivity index (χ4v) is 2.28. The van der Waals surface area contributed by atoms with Gasteiger partial charge in [0.15, 0.2) is 0 Å². The van der Waals surface area contributed by atoms with Gasteiger partial charge in [0.05, 0.1) is 22.3 Å². The first kappa shape index (κ1) is 14.9. The molecule has 0 aliphatic heterocycles. The third kappa shape index (κ3) is 2.70. The molecular formula is C15H11F3N4O. The number of benzene rings is 2. The first-order valence-electron chi connectivity index (χ1n) is 6.57. The monoisotopic (exact) mass is 320 g/mol. The zero-order chi connectivity index (χ0) is 16.6. The second kappa shape index (κ2) is 5.31. The summed E-state index contributed by atoms with van der Waals surface area (Å²) in [5, 5.41) is 0. The van der Waals surface area contributed by atoms with E-state index in [-0.39, 0.29) is 11.3 Å². The minimum Gasteiger partial charge on any atom is -0.366 e. The van der Waals surface area contributed by atoms with Gasteiger partial charge in [-0.15, -0.1) is 0 Å². The van der Waals surface area contributed by atoms with E-state index in [1.54, 1.807) is 12.1 Å². The van der Waals surface area contributed by atoms with Crippen molar-refractivity contribution < 1.29 is 18.0 Å². The van der Waals surface area contributed by atoms with E-state index in [4.69, 9.17) is 5.73 Å². The van der Waals surface area contributed by atoms with Gasteiger partial charge in [0.25, 0.3) is 5.91 Å². The number of hydrogen-bond donors (Lipinski definition) is 2. The van der Waals surface area contributed by atoms with Crippen LogP contribution in [0.1, 0.15) is 15.9 Å². The van der Waals surface area contributed by atoms with Gasteiger partial charge in [-0.3, -0.25) is 10.2 Å². The molecule has 0 atom stereocenters. The SMILES string of the molecule is NC(=O)c1cccc2c1ncn2Nc1ccccc1C(F)(F)F. The maximum Gasteiger partial charge on any atom is 0.418 e. The number of imidazole rings is 1. The summed E-state index contributed by atoms with van der Waals surface area (Å²) in [5.74, 6) is -0.656. The third-order valence-electron chi connectivity index (χ3n) is 3.32. The molecule has 3 rings (SSSR count). The standard InChI is InChI=1S/C15H11F3N4O/c16-15(17,18)10-5-1-2-6-11(10)21-22-8-20-13-9(14(19)23)4-3-7-12(13)22/h1-8,21H,(H2,19,23). The summed E-state index contributed by atoms with van der Waals surface area (Å²) < 4.78 is 40.4. The van der Waals surface area contributed by atoms with E-state index in [1.165, 1.54) is 35.3 Å². The van der Waals surface area contributed by atoms with Gasteiger partial charge >= 0.3 is 6.18 Å². The van der Waals surface area contributed by atoms with Crippen molar-refractivity contribution in [1.82, 2.24) is 9.66 Å². The van der Waals surface area contributed by atoms with Gasteiger partial charge in [-0.25, -0.2) is 9.66 Å². The maximum absolute atomic E-state index is 13.0. The normalized spacial score (nSPS) is 11.6. The number of amides is 1. The van der Waals surface area contributed by atoms with Gasteiger partial charge in [0, 0.05) is 0 Å². The molecule has 0 aliphatic rings. The van der Waals surface area contributed by atoms with Crippen LogP contribution in [-0.2, 0) is 6.18 Å². The fourth-order valence-electron chi connectivity index (χ4n) is 2.28. The Balaban J connectivity index is 2.07. The topological polar surface area (TPSA) is 72.9 Å². The number of aromatic nitrogens is 2. The number of hydrogen-bond acceptors (Lipinski definition) is 3. The lowest BCUT2D eigenvalue weighted by atomic mass is 10.1. The van der Waals surface area contributed by atoms with Crippen LogP contribution in [0.3, 0.4) is 0 Å². The highest BCUT2D eigenvalue weighted by atomic mass is 19.4. The highest BCUT2D eigenvalue weighted by Crippen LogP contribution is 2.34. The number of para-hydroxylation sites is 2. The molecule has 5 nitrogen and oxygen atoms in total. The molecule has 3 N–H and O–H groups in total. The fraction of sp³-hybridized carbons (Fsp3) is 0.0667. The summed E-state index contributed by atoms with van der Waals surface area (Å²) in [6.45, 7) is 0. The Morgan fingerprint density at radius 3 is 2.57 bits per heavy atom. The molecular weight excluding hydrogens is 309 g/mol. The van der Waals surface area contributed by atoms with Crippen molar-refractivity contribution >= 4 is 22.6 Å². The van der Waals surface area contributed by atoms with E-state index in [9.17, 15) is 18.0 Å². The summed E-state index contributed by atoms with van der Waals surface area (Å²) in [4.78, 5) is 15.4. The molecule has 0 saturated carbocycles. The molecule has 1 aromatic heterocycles. The second-order valence-electron chi connectivity index (χ2n) is 4.81. The molecule has 23 heavy (non-hydrogen) atoms. The van der Waals surface area contributed by atoms with Crippen molar-refractivity contribution in [3.8, 4) is 0 Å². The Kier molecular flexibility index (Phi) is 3.44. The first-order valence-corrected chi connectivity index (χ1v) is 6.57. The molecule has 8 heteroatoms. The van der Waals surface area contributed by atoms with Crippen LogP contribution in [0.2, 0.25) is 0 Å². The predicted octanol–water partition coefficient (Wildman–Crippen LogP) is 3.03. The lowest BCUT2D eigenvalue weighted by Gasteiger charge is -2.15. The van der Waals surface area contributed by atoms with Crippen LogP contribution in [0, 0.1) is 0 Å². The number of nitrogens with two attached hydrogens (primary N) is 1. The molecule has 0 saturated heterocycles. The van der Waals surface area contributed by atoms with Crippen molar-refractivity contribution in [3.63, 3.8) is 0 Å². The molecule has 0 spiro atoms. The van der Waals surface area contributed by atoms with Crippen LogP contribution in [-0.4, -0.2) is 15.6 Å². The van der Waals surface area contributed by atoms with Crippen molar-refractivity contribution in [2.75, 3.05) is 5.43 Å². The quantitative estimate of drug-likeness (QED) is 0.779. The lowest BCUT2D eigenvalue weighted by molar-refractivity contribution is -0.137. The van der Waals surface area contributed by atoms with Crippen LogP contribution in [0.25, 0.3) is 11.0 Å². The summed E-state index contributed by atoms with van der Waals surface area (Å²) in [6.07, 6.45) is -3.19. The number of nitrogens with zero attached hydrogens (tertiary/aromatic N) is 2. The lowest BCUT2D eigenvalue weighted by Crippen LogP contribution is -2.14. The van der Waals surface area contributed by atoms with E-state index < -0.39 is 17.6 Å². The molecule has 1 heterocycles. The van der Waals surface area contributed by atoms with Crippen LogP contribution in [0.15, 0.2) is 48.8 Å². The van der Waals surface area contributed by atoms with Gasteiger partial charge in [0.1, 0.15) is 11.8 Å². The maximum atomic E-state index is 13.0. The highest BCUT2D eigenvalue weighted by Gasteiger charge is 2.33. The summed E-state index contributed by atoms with van der Waals surface area (Å²) in [6, 6.07) is 9.81. The summed E-state index contributed by atoms with van der Waals surface area (Å²) >= 11 is 0. The summed E-state index contributed by atoms with van der Waals surface area (Å²) in [5.41, 5.74) is 7.96. The Labute approximate surface area is 128 Å². The molecule has 2 aromatic carbocycles. The average Bonchev–Trinajstić information content (AvgIpc) is 2.90. The molecule has 3 aromatic rings. The smallest absolute Gasteiger partial charge is 0.366 e. The van der Waals surface area contributed by atoms with E-state index in [2.05, 4.69) is 10.4 Å². The Morgan fingerprint density at radius 1 is 1.13 bits per heavy atom. The second-order valence-corrected chi connectivity index (χ2v) is 4.81. The Morgan fingerprint density at radius 2 is 1.87 bits per heavy atom. The number of alkyl halides is 3. The van der Waals surface area contributed by atoms with Gasteiger partial charge in [-0.2, -0.15) is 13.2 Å². The Bertz CT molecular complexity index is 886. The molecule has 118 valence electrons. The van der Waals surface area contributed by atoms with Crippen LogP contribution in [0.4, 0.5) is 18.9 Å². The zero-order valence-electron chi connectivity index (χ0n) is 11.6. The molecule has 0 unspecified atom stereocenters.